The number of esters is 1. The molecule has 2 bridgehead atoms. The Kier molecular flexibility index (Phi) is 6.44. The van der Waals surface area contributed by atoms with Crippen molar-refractivity contribution in [2.24, 2.45) is 17.3 Å². The first-order valence-electron chi connectivity index (χ1n) is 13.2. The monoisotopic (exact) mass is 572 g/mol. The summed E-state index contributed by atoms with van der Waals surface area (Å²) < 4.78 is 25.4. The Morgan fingerprint density at radius 1 is 1.23 bits per heavy atom. The van der Waals surface area contributed by atoms with Crippen LogP contribution in [0.15, 0.2) is 22.5 Å². The fraction of sp³-hybridized carbons (Fsp3) is 0.615. The van der Waals surface area contributed by atoms with Crippen molar-refractivity contribution >= 4 is 47.2 Å². The van der Waals surface area contributed by atoms with Crippen LogP contribution < -0.4 is 15.8 Å². The number of nitrogens with one attached hydrogen (secondary N) is 1. The highest BCUT2D eigenvalue weighted by Crippen LogP contribution is 2.65. The van der Waals surface area contributed by atoms with Crippen LogP contribution in [-0.4, -0.2) is 58.4 Å². The Morgan fingerprint density at radius 2 is 2.03 bits per heavy atom. The number of amides is 1. The summed E-state index contributed by atoms with van der Waals surface area (Å²) in [5.74, 6) is -0.663. The second-order valence-corrected chi connectivity index (χ2v) is 14.3. The minimum absolute atomic E-state index is 0.0349. The second-order valence-electron chi connectivity index (χ2n) is 12.1. The topological polar surface area (TPSA) is 135 Å². The number of carbonyl (C=O) groups excluding carboxylic acids is 2. The van der Waals surface area contributed by atoms with Gasteiger partial charge in [0.2, 0.25) is 16.8 Å². The molecule has 1 aromatic carbocycles. The molecule has 0 spiro atoms. The lowest BCUT2D eigenvalue weighted by molar-refractivity contribution is -0.199. The van der Waals surface area contributed by atoms with E-state index in [4.69, 9.17) is 24.5 Å². The summed E-state index contributed by atoms with van der Waals surface area (Å²) >= 11 is 2.51. The molecule has 13 heteroatoms. The summed E-state index contributed by atoms with van der Waals surface area (Å²) in [6, 6.07) is 5.37. The molecule has 10 nitrogen and oxygen atoms in total. The molecular formula is C26H33BN4O6S2. The number of para-hydroxylation sites is 1. The summed E-state index contributed by atoms with van der Waals surface area (Å²) in [6.07, 6.45) is 2.38. The van der Waals surface area contributed by atoms with Crippen molar-refractivity contribution in [2.75, 3.05) is 11.5 Å². The van der Waals surface area contributed by atoms with Crippen LogP contribution in [0.2, 0.25) is 0 Å². The number of ether oxygens (including phenoxy) is 2. The van der Waals surface area contributed by atoms with E-state index in [1.165, 1.54) is 23.1 Å². The van der Waals surface area contributed by atoms with Gasteiger partial charge in [-0.3, -0.25) is 4.79 Å². The number of nitrogens with two attached hydrogens (primary N) is 1. The number of anilines is 1. The van der Waals surface area contributed by atoms with Gasteiger partial charge in [-0.2, -0.15) is 0 Å². The summed E-state index contributed by atoms with van der Waals surface area (Å²) in [5, 5.41) is 11.3. The lowest BCUT2D eigenvalue weighted by Gasteiger charge is -2.64. The number of benzene rings is 1. The zero-order valence-corrected chi connectivity index (χ0v) is 24.3. The lowest BCUT2D eigenvalue weighted by Crippen LogP contribution is -2.65. The average molecular weight is 573 g/mol. The third-order valence-corrected chi connectivity index (χ3v) is 10.7. The van der Waals surface area contributed by atoms with Gasteiger partial charge in [-0.1, -0.05) is 49.1 Å². The van der Waals surface area contributed by atoms with E-state index < -0.39 is 30.4 Å². The Bertz CT molecular complexity index is 1320. The largest absolute Gasteiger partial charge is 0.482 e. The predicted molar refractivity (Wildman–Crippen MR) is 147 cm³/mol. The van der Waals surface area contributed by atoms with Crippen molar-refractivity contribution in [1.29, 1.82) is 0 Å². The van der Waals surface area contributed by atoms with Crippen LogP contribution >= 0.6 is 23.1 Å². The molecule has 1 aromatic heterocycles. The normalized spacial score (nSPS) is 30.3. The van der Waals surface area contributed by atoms with Crippen molar-refractivity contribution in [3.63, 3.8) is 0 Å². The average Bonchev–Trinajstić information content (AvgIpc) is 3.44. The van der Waals surface area contributed by atoms with E-state index in [9.17, 15) is 9.59 Å². The molecule has 3 N–H and O–H groups in total. The SMILES string of the molecule is CC1(C)OC(=O)c2cccc(C[C@H](NC(=O)CSc3nnc(N)s3)B3OC4C[C@@H]5C[C@@H](C5(C)C)[C@]4(C)O3)c2O1. The molecule has 7 rings (SSSR count). The van der Waals surface area contributed by atoms with Gasteiger partial charge in [-0.15, -0.1) is 10.2 Å². The van der Waals surface area contributed by atoms with Crippen LogP contribution in [0, 0.1) is 17.3 Å². The molecule has 5 atom stereocenters. The van der Waals surface area contributed by atoms with Crippen LogP contribution in [-0.2, 0) is 25.3 Å². The molecule has 5 aliphatic rings. The van der Waals surface area contributed by atoms with Gasteiger partial charge in [0.1, 0.15) is 11.3 Å². The quantitative estimate of drug-likeness (QED) is 0.288. The van der Waals surface area contributed by atoms with Crippen LogP contribution in [0.5, 0.6) is 5.75 Å². The number of nitrogens with zero attached hydrogens (tertiary/aromatic N) is 2. The van der Waals surface area contributed by atoms with Gasteiger partial charge < -0.3 is 29.8 Å². The number of thioether (sulfide) groups is 1. The van der Waals surface area contributed by atoms with E-state index >= 15 is 0 Å². The highest BCUT2D eigenvalue weighted by Gasteiger charge is 2.68. The maximum absolute atomic E-state index is 13.2. The van der Waals surface area contributed by atoms with Crippen molar-refractivity contribution in [3.05, 3.63) is 29.3 Å². The van der Waals surface area contributed by atoms with Crippen molar-refractivity contribution in [3.8, 4) is 5.75 Å². The van der Waals surface area contributed by atoms with Gasteiger partial charge in [0, 0.05) is 13.8 Å². The number of fused-ring (bicyclic) bond motifs is 1. The van der Waals surface area contributed by atoms with E-state index in [1.54, 1.807) is 26.0 Å². The molecule has 3 aliphatic carbocycles. The Hall–Kier alpha value is -2.35. The summed E-state index contributed by atoms with van der Waals surface area (Å²) in [5.41, 5.74) is 6.57. The fourth-order valence-electron chi connectivity index (χ4n) is 6.75. The molecule has 0 radical (unpaired) electrons. The van der Waals surface area contributed by atoms with E-state index in [0.717, 1.165) is 18.4 Å². The van der Waals surface area contributed by atoms with E-state index in [-0.39, 0.29) is 23.2 Å². The lowest BCUT2D eigenvalue weighted by atomic mass is 9.43. The van der Waals surface area contributed by atoms with Gasteiger partial charge in [0.05, 0.1) is 23.4 Å². The number of nitrogen functional groups attached to an aromatic ring is 1. The van der Waals surface area contributed by atoms with Gasteiger partial charge in [0.15, 0.2) is 4.34 Å². The summed E-state index contributed by atoms with van der Waals surface area (Å²) in [4.78, 5) is 25.8. The maximum Gasteiger partial charge on any atom is 0.482 e. The van der Waals surface area contributed by atoms with E-state index in [0.29, 0.717) is 39.0 Å². The first-order valence-corrected chi connectivity index (χ1v) is 15.0. The molecule has 1 saturated heterocycles. The molecule has 39 heavy (non-hydrogen) atoms. The number of rotatable bonds is 7. The Labute approximate surface area is 236 Å². The molecular weight excluding hydrogens is 539 g/mol. The number of hydrogen-bond donors (Lipinski definition) is 2. The fourth-order valence-corrected chi connectivity index (χ4v) is 8.20. The molecule has 2 aromatic rings. The Morgan fingerprint density at radius 3 is 2.74 bits per heavy atom. The zero-order chi connectivity index (χ0) is 27.7. The zero-order valence-electron chi connectivity index (χ0n) is 22.7. The van der Waals surface area contributed by atoms with Gasteiger partial charge in [0.25, 0.3) is 0 Å². The smallest absolute Gasteiger partial charge is 0.452 e. The molecule has 4 fully saturated rings. The highest BCUT2D eigenvalue weighted by atomic mass is 32.2. The third-order valence-electron chi connectivity index (χ3n) is 8.84. The summed E-state index contributed by atoms with van der Waals surface area (Å²) in [6.45, 7) is 10.2. The van der Waals surface area contributed by atoms with Crippen molar-refractivity contribution in [1.82, 2.24) is 15.5 Å². The number of hydrogen-bond acceptors (Lipinski definition) is 11. The first-order chi connectivity index (χ1) is 18.4. The van der Waals surface area contributed by atoms with Crippen molar-refractivity contribution < 1.29 is 28.4 Å². The molecule has 208 valence electrons. The predicted octanol–water partition coefficient (Wildman–Crippen LogP) is 3.49. The van der Waals surface area contributed by atoms with Gasteiger partial charge in [-0.05, 0) is 55.1 Å². The van der Waals surface area contributed by atoms with E-state index in [2.05, 4.69) is 36.3 Å². The molecule has 3 heterocycles. The van der Waals surface area contributed by atoms with Crippen LogP contribution in [0.3, 0.4) is 0 Å². The van der Waals surface area contributed by atoms with Crippen molar-refractivity contribution in [2.45, 2.75) is 81.7 Å². The number of aromatic nitrogens is 2. The summed E-state index contributed by atoms with van der Waals surface area (Å²) in [7, 11) is -0.652. The van der Waals surface area contributed by atoms with Crippen LogP contribution in [0.4, 0.5) is 5.13 Å². The first kappa shape index (κ1) is 26.9. The minimum Gasteiger partial charge on any atom is -0.452 e. The van der Waals surface area contributed by atoms with Crippen LogP contribution in [0.25, 0.3) is 0 Å². The highest BCUT2D eigenvalue weighted by molar-refractivity contribution is 8.01. The molecule has 2 aliphatic heterocycles. The standard InChI is InChI=1S/C26H33BN4O6S2/c1-24(2)14-10-16(24)26(5)17(11-14)36-27(37-26)18(29-19(32)12-38-23-31-30-22(28)39-23)9-13-7-6-8-15-20(13)34-25(3,4)35-21(15)33/h6-8,14,16-18H,9-12H2,1-5H3,(H2,28,30)(H,29,32)/t14-,16-,17?,18-,26-/m0/s1. The Balaban J connectivity index is 1.26. The molecule has 1 unspecified atom stereocenters. The maximum atomic E-state index is 13.2. The van der Waals surface area contributed by atoms with Gasteiger partial charge >= 0.3 is 13.1 Å². The third kappa shape index (κ3) is 4.70. The van der Waals surface area contributed by atoms with Gasteiger partial charge in [-0.25, -0.2) is 4.79 Å². The number of carbonyl (C=O) groups is 2. The van der Waals surface area contributed by atoms with E-state index in [1.807, 2.05) is 6.07 Å². The minimum atomic E-state index is -1.10. The molecule has 1 amide bonds. The second kappa shape index (κ2) is 9.36. The molecule has 3 saturated carbocycles. The van der Waals surface area contributed by atoms with Crippen LogP contribution in [0.1, 0.15) is 63.4 Å². The number of cyclic esters (lactones) is 1.